The van der Waals surface area contributed by atoms with Crippen LogP contribution in [0.15, 0.2) is 37.2 Å². The minimum Gasteiger partial charge on any atom is -0.452 e. The molecule has 2 atom stereocenters. The molecule has 0 saturated carbocycles. The summed E-state index contributed by atoms with van der Waals surface area (Å²) in [7, 11) is 0. The van der Waals surface area contributed by atoms with E-state index >= 15 is 0 Å². The molecule has 1 saturated heterocycles. The number of H-pyrrole nitrogens is 1. The fourth-order valence-electron chi connectivity index (χ4n) is 4.62. The van der Waals surface area contributed by atoms with Crippen LogP contribution in [0.5, 0.6) is 0 Å². The van der Waals surface area contributed by atoms with Crippen LogP contribution in [0.3, 0.4) is 0 Å². The number of halogens is 3. The minimum absolute atomic E-state index is 0.0177. The lowest BCUT2D eigenvalue weighted by molar-refractivity contribution is -0.201. The molecule has 1 aliphatic rings. The number of nitriles is 2. The van der Waals surface area contributed by atoms with E-state index < -0.39 is 18.8 Å². The number of hydrogen-bond acceptors (Lipinski definition) is 10. The second kappa shape index (κ2) is 10.4. The molecule has 0 radical (unpaired) electrons. The number of carbonyl (C=O) groups is 1. The maximum absolute atomic E-state index is 12.4. The average molecular weight is 536 g/mol. The first-order chi connectivity index (χ1) is 18.8. The van der Waals surface area contributed by atoms with Crippen LogP contribution in [0.25, 0.3) is 22.3 Å². The van der Waals surface area contributed by atoms with Gasteiger partial charge in [0.15, 0.2) is 11.5 Å². The normalized spacial score (nSPS) is 16.1. The minimum atomic E-state index is -5.13. The van der Waals surface area contributed by atoms with Crippen molar-refractivity contribution in [1.29, 1.82) is 10.5 Å². The standard InChI is InChI=1S/C24H19F3N10O2/c25-24(26,27)23(38)39-12-16-9-31-22(18(7-29)35-16)36-6-3-14(10-36)19(1-4-28)37-11-15(8-34-37)20-17-2-5-30-21(17)33-13-32-20/h2,5,8-9,11,13-14,19H,1,3,6,10,12H2,(H,30,32,33)/t14-,19-/m0/s1. The highest BCUT2D eigenvalue weighted by Crippen LogP contribution is 2.34. The van der Waals surface area contributed by atoms with E-state index in [1.165, 1.54) is 12.5 Å². The highest BCUT2D eigenvalue weighted by Gasteiger charge is 2.41. The lowest BCUT2D eigenvalue weighted by Crippen LogP contribution is -2.27. The van der Waals surface area contributed by atoms with Crippen LogP contribution >= 0.6 is 0 Å². The van der Waals surface area contributed by atoms with Crippen molar-refractivity contribution in [3.8, 4) is 23.4 Å². The number of rotatable bonds is 7. The van der Waals surface area contributed by atoms with Gasteiger partial charge in [0.05, 0.1) is 42.3 Å². The van der Waals surface area contributed by atoms with Crippen LogP contribution in [0.4, 0.5) is 19.0 Å². The van der Waals surface area contributed by atoms with Crippen molar-refractivity contribution in [1.82, 2.24) is 34.7 Å². The Morgan fingerprint density at radius 1 is 1.26 bits per heavy atom. The lowest BCUT2D eigenvalue weighted by atomic mass is 9.96. The van der Waals surface area contributed by atoms with E-state index in [1.54, 1.807) is 17.1 Å². The van der Waals surface area contributed by atoms with Crippen molar-refractivity contribution >= 4 is 22.8 Å². The van der Waals surface area contributed by atoms with E-state index in [9.17, 15) is 28.5 Å². The molecule has 39 heavy (non-hydrogen) atoms. The zero-order valence-corrected chi connectivity index (χ0v) is 20.1. The second-order valence-corrected chi connectivity index (χ2v) is 8.81. The number of nitrogens with one attached hydrogen (secondary N) is 1. The van der Waals surface area contributed by atoms with Crippen molar-refractivity contribution < 1.29 is 22.7 Å². The van der Waals surface area contributed by atoms with Gasteiger partial charge in [-0.25, -0.2) is 24.7 Å². The average Bonchev–Trinajstić information content (AvgIpc) is 3.70. The largest absolute Gasteiger partial charge is 0.490 e. The van der Waals surface area contributed by atoms with Gasteiger partial charge in [-0.3, -0.25) is 4.68 Å². The number of ether oxygens (including phenoxy) is 1. The van der Waals surface area contributed by atoms with Crippen LogP contribution in [0.2, 0.25) is 0 Å². The number of aromatic amines is 1. The van der Waals surface area contributed by atoms with Crippen LogP contribution < -0.4 is 4.90 Å². The molecule has 1 fully saturated rings. The summed E-state index contributed by atoms with van der Waals surface area (Å²) in [6, 6.07) is 5.74. The Kier molecular flexibility index (Phi) is 6.81. The number of anilines is 1. The first-order valence-electron chi connectivity index (χ1n) is 11.7. The number of fused-ring (bicyclic) bond motifs is 1. The highest BCUT2D eigenvalue weighted by molar-refractivity contribution is 5.90. The Hall–Kier alpha value is -5.05. The van der Waals surface area contributed by atoms with E-state index in [2.05, 4.69) is 40.8 Å². The first-order valence-corrected chi connectivity index (χ1v) is 11.7. The number of nitrogens with zero attached hydrogens (tertiary/aromatic N) is 9. The molecule has 5 heterocycles. The van der Waals surface area contributed by atoms with Crippen molar-refractivity contribution in [2.24, 2.45) is 5.92 Å². The van der Waals surface area contributed by atoms with Gasteiger partial charge in [-0.2, -0.15) is 28.8 Å². The molecule has 15 heteroatoms. The summed E-state index contributed by atoms with van der Waals surface area (Å²) in [5, 5.41) is 24.5. The first kappa shape index (κ1) is 25.6. The molecule has 12 nitrogen and oxygen atoms in total. The zero-order valence-electron chi connectivity index (χ0n) is 20.1. The molecule has 4 aromatic rings. The third-order valence-electron chi connectivity index (χ3n) is 6.43. The molecular weight excluding hydrogens is 517 g/mol. The Morgan fingerprint density at radius 3 is 2.87 bits per heavy atom. The Labute approximate surface area is 218 Å². The van der Waals surface area contributed by atoms with Crippen molar-refractivity contribution in [2.45, 2.75) is 31.7 Å². The second-order valence-electron chi connectivity index (χ2n) is 8.81. The van der Waals surface area contributed by atoms with E-state index in [4.69, 9.17) is 0 Å². The van der Waals surface area contributed by atoms with Crippen LogP contribution in [-0.4, -0.2) is 59.9 Å². The van der Waals surface area contributed by atoms with Gasteiger partial charge in [0, 0.05) is 42.4 Å². The third-order valence-corrected chi connectivity index (χ3v) is 6.43. The van der Waals surface area contributed by atoms with Crippen LogP contribution in [0, 0.1) is 28.6 Å². The van der Waals surface area contributed by atoms with Crippen molar-refractivity contribution in [2.75, 3.05) is 18.0 Å². The molecule has 4 aromatic heterocycles. The summed E-state index contributed by atoms with van der Waals surface area (Å²) in [5.41, 5.74) is 2.00. The maximum Gasteiger partial charge on any atom is 0.490 e. The molecule has 0 unspecified atom stereocenters. The topological polar surface area (TPSA) is 162 Å². The summed E-state index contributed by atoms with van der Waals surface area (Å²) in [6.07, 6.45) is 3.69. The van der Waals surface area contributed by atoms with Gasteiger partial charge >= 0.3 is 12.1 Å². The van der Waals surface area contributed by atoms with Crippen molar-refractivity contribution in [3.05, 3.63) is 48.6 Å². The van der Waals surface area contributed by atoms with Gasteiger partial charge in [0.2, 0.25) is 0 Å². The maximum atomic E-state index is 12.4. The number of alkyl halides is 3. The van der Waals surface area contributed by atoms with Gasteiger partial charge in [-0.15, -0.1) is 0 Å². The Balaban J connectivity index is 1.32. The predicted molar refractivity (Wildman–Crippen MR) is 127 cm³/mol. The monoisotopic (exact) mass is 536 g/mol. The third kappa shape index (κ3) is 5.19. The summed E-state index contributed by atoms with van der Waals surface area (Å²) in [5.74, 6) is -2.11. The Morgan fingerprint density at radius 2 is 2.10 bits per heavy atom. The summed E-state index contributed by atoms with van der Waals surface area (Å²) in [6.45, 7) is 0.196. The number of hydrogen-bond donors (Lipinski definition) is 1. The van der Waals surface area contributed by atoms with E-state index in [0.29, 0.717) is 30.9 Å². The summed E-state index contributed by atoms with van der Waals surface area (Å²) >= 11 is 0. The fourth-order valence-corrected chi connectivity index (χ4v) is 4.62. The molecule has 0 bridgehead atoms. The smallest absolute Gasteiger partial charge is 0.452 e. The van der Waals surface area contributed by atoms with E-state index in [1.807, 2.05) is 23.2 Å². The van der Waals surface area contributed by atoms with Crippen LogP contribution in [-0.2, 0) is 16.1 Å². The lowest BCUT2D eigenvalue weighted by Gasteiger charge is -2.23. The highest BCUT2D eigenvalue weighted by atomic mass is 19.4. The molecule has 198 valence electrons. The molecular formula is C24H19F3N10O2. The molecule has 0 aliphatic carbocycles. The number of carbonyl (C=O) groups excluding carboxylic acids is 1. The predicted octanol–water partition coefficient (Wildman–Crippen LogP) is 3.07. The van der Waals surface area contributed by atoms with Gasteiger partial charge in [-0.05, 0) is 12.5 Å². The SMILES string of the molecule is N#CC[C@@H]([C@H]1CCN(c2ncc(COC(=O)C(F)(F)F)nc2C#N)C1)n1cc(-c2ncnc3[nH]ccc23)cn1. The molecule has 0 amide bonds. The van der Waals surface area contributed by atoms with E-state index in [0.717, 1.165) is 10.9 Å². The van der Waals surface area contributed by atoms with Gasteiger partial charge < -0.3 is 14.6 Å². The van der Waals surface area contributed by atoms with Gasteiger partial charge in [0.25, 0.3) is 0 Å². The number of esters is 1. The molecule has 5 rings (SSSR count). The summed E-state index contributed by atoms with van der Waals surface area (Å²) in [4.78, 5) is 32.7. The quantitative estimate of drug-likeness (QED) is 0.347. The van der Waals surface area contributed by atoms with Crippen molar-refractivity contribution in [3.63, 3.8) is 0 Å². The van der Waals surface area contributed by atoms with Gasteiger partial charge in [0.1, 0.15) is 24.7 Å². The zero-order chi connectivity index (χ0) is 27.6. The van der Waals surface area contributed by atoms with Gasteiger partial charge in [-0.1, -0.05) is 0 Å². The van der Waals surface area contributed by atoms with E-state index in [-0.39, 0.29) is 35.6 Å². The molecule has 1 N–H and O–H groups in total. The molecule has 0 aromatic carbocycles. The Bertz CT molecular complexity index is 1600. The number of aromatic nitrogens is 7. The molecule has 1 aliphatic heterocycles. The fraction of sp³-hybridized carbons (Fsp3) is 0.333. The van der Waals surface area contributed by atoms with Crippen LogP contribution in [0.1, 0.15) is 30.3 Å². The molecule has 0 spiro atoms. The summed E-state index contributed by atoms with van der Waals surface area (Å²) < 4.78 is 43.1.